The predicted octanol–water partition coefficient (Wildman–Crippen LogP) is 2.05. The molecule has 2 heterocycles. The molecule has 0 amide bonds. The zero-order valence-electron chi connectivity index (χ0n) is 8.97. The highest BCUT2D eigenvalue weighted by Gasteiger charge is 2.10. The lowest BCUT2D eigenvalue weighted by Gasteiger charge is -1.96. The molecule has 0 unspecified atom stereocenters. The number of aromatic nitrogens is 5. The fourth-order valence-electron chi connectivity index (χ4n) is 1.30. The Hall–Kier alpha value is -1.49. The number of nitrogens with zero attached hydrogens (tertiary/aromatic N) is 5. The van der Waals surface area contributed by atoms with Crippen LogP contribution in [-0.2, 0) is 6.42 Å². The van der Waals surface area contributed by atoms with Crippen molar-refractivity contribution >= 4 is 11.6 Å². The Bertz CT molecular complexity index is 453. The number of rotatable bonds is 4. The third-order valence-electron chi connectivity index (χ3n) is 2.11. The number of unbranched alkanes of at least 4 members (excludes halogenated alkanes) is 1. The van der Waals surface area contributed by atoms with Crippen molar-refractivity contribution in [3.8, 4) is 5.95 Å². The molecule has 0 fully saturated rings. The quantitative estimate of drug-likeness (QED) is 0.817. The molecular weight excluding hydrogens is 226 g/mol. The van der Waals surface area contributed by atoms with Crippen molar-refractivity contribution in [1.82, 2.24) is 24.7 Å². The van der Waals surface area contributed by atoms with Crippen molar-refractivity contribution in [2.75, 3.05) is 0 Å². The van der Waals surface area contributed by atoms with Crippen molar-refractivity contribution in [3.05, 3.63) is 29.6 Å². The lowest BCUT2D eigenvalue weighted by atomic mass is 10.2. The molecule has 84 valence electrons. The van der Waals surface area contributed by atoms with Gasteiger partial charge in [0, 0.05) is 18.8 Å². The Balaban J connectivity index is 2.25. The van der Waals surface area contributed by atoms with Gasteiger partial charge in [-0.1, -0.05) is 13.3 Å². The maximum absolute atomic E-state index is 5.97. The van der Waals surface area contributed by atoms with Crippen molar-refractivity contribution in [2.24, 2.45) is 0 Å². The Labute approximate surface area is 98.5 Å². The van der Waals surface area contributed by atoms with Crippen molar-refractivity contribution in [3.63, 3.8) is 0 Å². The number of hydrogen-bond acceptors (Lipinski definition) is 4. The van der Waals surface area contributed by atoms with E-state index in [0.29, 0.717) is 11.2 Å². The van der Waals surface area contributed by atoms with E-state index in [-0.39, 0.29) is 0 Å². The van der Waals surface area contributed by atoms with E-state index in [1.54, 1.807) is 18.5 Å². The van der Waals surface area contributed by atoms with E-state index < -0.39 is 0 Å². The van der Waals surface area contributed by atoms with Gasteiger partial charge in [-0.25, -0.2) is 15.0 Å². The number of halogens is 1. The highest BCUT2D eigenvalue weighted by atomic mass is 35.5. The molecule has 0 atom stereocenters. The molecule has 0 aliphatic carbocycles. The molecule has 6 heteroatoms. The second kappa shape index (κ2) is 5.03. The zero-order chi connectivity index (χ0) is 11.4. The summed E-state index contributed by atoms with van der Waals surface area (Å²) in [5, 5.41) is 4.57. The number of hydrogen-bond donors (Lipinski definition) is 0. The van der Waals surface area contributed by atoms with E-state index in [1.807, 2.05) is 0 Å². The molecule has 0 bridgehead atoms. The zero-order valence-corrected chi connectivity index (χ0v) is 9.72. The average molecular weight is 238 g/mol. The molecule has 0 aliphatic rings. The summed E-state index contributed by atoms with van der Waals surface area (Å²) in [6.07, 6.45) is 6.28. The van der Waals surface area contributed by atoms with Gasteiger partial charge in [0.25, 0.3) is 5.95 Å². The van der Waals surface area contributed by atoms with Gasteiger partial charge in [-0.15, -0.1) is 5.10 Å². The van der Waals surface area contributed by atoms with Gasteiger partial charge in [0.05, 0.1) is 0 Å². The summed E-state index contributed by atoms with van der Waals surface area (Å²) in [6.45, 7) is 2.12. The molecule has 0 aromatic carbocycles. The molecule has 0 aliphatic heterocycles. The van der Waals surface area contributed by atoms with E-state index in [2.05, 4.69) is 27.0 Å². The van der Waals surface area contributed by atoms with E-state index in [0.717, 1.165) is 25.1 Å². The second-order valence-electron chi connectivity index (χ2n) is 3.36. The molecule has 2 rings (SSSR count). The fourth-order valence-corrected chi connectivity index (χ4v) is 1.51. The van der Waals surface area contributed by atoms with Crippen LogP contribution in [0.5, 0.6) is 0 Å². The van der Waals surface area contributed by atoms with Crippen molar-refractivity contribution in [2.45, 2.75) is 26.2 Å². The van der Waals surface area contributed by atoms with Crippen LogP contribution >= 0.6 is 11.6 Å². The fraction of sp³-hybridized carbons (Fsp3) is 0.400. The summed E-state index contributed by atoms with van der Waals surface area (Å²) in [7, 11) is 0. The van der Waals surface area contributed by atoms with Crippen LogP contribution in [0, 0.1) is 0 Å². The average Bonchev–Trinajstić information content (AvgIpc) is 2.69. The molecule has 16 heavy (non-hydrogen) atoms. The van der Waals surface area contributed by atoms with Crippen molar-refractivity contribution in [1.29, 1.82) is 0 Å². The normalized spacial score (nSPS) is 10.6. The summed E-state index contributed by atoms with van der Waals surface area (Å²) in [5.41, 5.74) is 0. The first kappa shape index (κ1) is 11.0. The lowest BCUT2D eigenvalue weighted by molar-refractivity contribution is 0.730. The summed E-state index contributed by atoms with van der Waals surface area (Å²) < 4.78 is 1.45. The first-order valence-electron chi connectivity index (χ1n) is 5.20. The second-order valence-corrected chi connectivity index (χ2v) is 3.70. The highest BCUT2D eigenvalue weighted by molar-refractivity contribution is 6.28. The number of aryl methyl sites for hydroxylation is 1. The van der Waals surface area contributed by atoms with E-state index in [9.17, 15) is 0 Å². The van der Waals surface area contributed by atoms with Gasteiger partial charge in [0.2, 0.25) is 5.28 Å². The van der Waals surface area contributed by atoms with Crippen LogP contribution in [0.15, 0.2) is 18.5 Å². The van der Waals surface area contributed by atoms with E-state index in [1.165, 1.54) is 4.68 Å². The minimum Gasteiger partial charge on any atom is -0.220 e. The topological polar surface area (TPSA) is 56.5 Å². The SMILES string of the molecule is CCCCc1nc(Cl)n(-c2ncccn2)n1. The van der Waals surface area contributed by atoms with Crippen LogP contribution in [0.4, 0.5) is 0 Å². The molecule has 5 nitrogen and oxygen atoms in total. The van der Waals surface area contributed by atoms with Gasteiger partial charge in [-0.05, 0) is 24.1 Å². The monoisotopic (exact) mass is 237 g/mol. The molecule has 0 spiro atoms. The predicted molar refractivity (Wildman–Crippen MR) is 60.6 cm³/mol. The summed E-state index contributed by atoms with van der Waals surface area (Å²) in [6, 6.07) is 1.74. The summed E-state index contributed by atoms with van der Waals surface area (Å²) in [5.74, 6) is 1.18. The summed E-state index contributed by atoms with van der Waals surface area (Å²) >= 11 is 5.97. The summed E-state index contributed by atoms with van der Waals surface area (Å²) in [4.78, 5) is 12.3. The maximum atomic E-state index is 5.97. The Kier molecular flexibility index (Phi) is 3.46. The molecule has 0 saturated carbocycles. The highest BCUT2D eigenvalue weighted by Crippen LogP contribution is 2.11. The lowest BCUT2D eigenvalue weighted by Crippen LogP contribution is -2.02. The van der Waals surface area contributed by atoms with Crippen LogP contribution in [-0.4, -0.2) is 24.7 Å². The molecular formula is C10H12ClN5. The Morgan fingerprint density at radius 2 is 2.06 bits per heavy atom. The van der Waals surface area contributed by atoms with Crippen molar-refractivity contribution < 1.29 is 0 Å². The van der Waals surface area contributed by atoms with Gasteiger partial charge >= 0.3 is 0 Å². The van der Waals surface area contributed by atoms with Crippen LogP contribution in [0.2, 0.25) is 5.28 Å². The molecule has 0 radical (unpaired) electrons. The van der Waals surface area contributed by atoms with Crippen LogP contribution in [0.25, 0.3) is 5.95 Å². The first-order chi connectivity index (χ1) is 7.81. The van der Waals surface area contributed by atoms with Crippen LogP contribution in [0.1, 0.15) is 25.6 Å². The molecule has 0 N–H and O–H groups in total. The maximum Gasteiger partial charge on any atom is 0.253 e. The van der Waals surface area contributed by atoms with Gasteiger partial charge < -0.3 is 0 Å². The molecule has 2 aromatic rings. The molecule has 2 aromatic heterocycles. The third kappa shape index (κ3) is 2.36. The smallest absolute Gasteiger partial charge is 0.220 e. The van der Waals surface area contributed by atoms with Gasteiger partial charge in [-0.2, -0.15) is 4.68 Å². The van der Waals surface area contributed by atoms with Gasteiger partial charge in [-0.3, -0.25) is 0 Å². The van der Waals surface area contributed by atoms with Gasteiger partial charge in [0.1, 0.15) is 0 Å². The third-order valence-corrected chi connectivity index (χ3v) is 2.35. The van der Waals surface area contributed by atoms with Crippen LogP contribution in [0.3, 0.4) is 0 Å². The Morgan fingerprint density at radius 3 is 2.75 bits per heavy atom. The van der Waals surface area contributed by atoms with E-state index in [4.69, 9.17) is 11.6 Å². The van der Waals surface area contributed by atoms with E-state index >= 15 is 0 Å². The van der Waals surface area contributed by atoms with Crippen LogP contribution < -0.4 is 0 Å². The largest absolute Gasteiger partial charge is 0.253 e. The standard InChI is InChI=1S/C10H12ClN5/c1-2-3-5-8-14-9(11)16(15-8)10-12-6-4-7-13-10/h4,6-7H,2-3,5H2,1H3. The Morgan fingerprint density at radius 1 is 1.31 bits per heavy atom. The molecule has 0 saturated heterocycles. The minimum atomic E-state index is 0.303. The minimum absolute atomic E-state index is 0.303. The van der Waals surface area contributed by atoms with Gasteiger partial charge in [0.15, 0.2) is 5.82 Å². The first-order valence-corrected chi connectivity index (χ1v) is 5.58.